The molecule has 8 heteroatoms. The molecule has 0 radical (unpaired) electrons. The highest BCUT2D eigenvalue weighted by atomic mass is 79.9. The van der Waals surface area contributed by atoms with E-state index in [0.29, 0.717) is 29.3 Å². The number of anilines is 2. The SMILES string of the molecule is CCCCOc1ccc(Br)cc1C(=O)Nc1ccc(S(=O)(=O)Nc2ccccc2)cc1. The Morgan fingerprint density at radius 3 is 2.35 bits per heavy atom. The normalized spacial score (nSPS) is 11.0. The number of halogens is 1. The molecule has 0 aliphatic rings. The average molecular weight is 503 g/mol. The topological polar surface area (TPSA) is 84.5 Å². The van der Waals surface area contributed by atoms with E-state index in [-0.39, 0.29) is 10.8 Å². The number of carbonyl (C=O) groups is 1. The minimum Gasteiger partial charge on any atom is -0.493 e. The van der Waals surface area contributed by atoms with Gasteiger partial charge >= 0.3 is 0 Å². The Kier molecular flexibility index (Phi) is 7.70. The fourth-order valence-corrected chi connectivity index (χ4v) is 4.19. The highest BCUT2D eigenvalue weighted by Gasteiger charge is 2.16. The van der Waals surface area contributed by atoms with Crippen LogP contribution in [-0.4, -0.2) is 20.9 Å². The van der Waals surface area contributed by atoms with Gasteiger partial charge in [-0.3, -0.25) is 9.52 Å². The van der Waals surface area contributed by atoms with Crippen molar-refractivity contribution in [2.24, 2.45) is 0 Å². The van der Waals surface area contributed by atoms with Crippen LogP contribution in [0.1, 0.15) is 30.1 Å². The summed E-state index contributed by atoms with van der Waals surface area (Å²) in [6.07, 6.45) is 1.89. The molecule has 3 aromatic rings. The van der Waals surface area contributed by atoms with Crippen molar-refractivity contribution in [1.82, 2.24) is 0 Å². The standard InChI is InChI=1S/C23H23BrN2O4S/c1-2-3-15-30-22-14-9-17(24)16-21(22)23(27)25-18-10-12-20(13-11-18)31(28,29)26-19-7-5-4-6-8-19/h4-14,16,26H,2-3,15H2,1H3,(H,25,27). The minimum atomic E-state index is -3.72. The third-order valence-corrected chi connectivity index (χ3v) is 6.28. The highest BCUT2D eigenvalue weighted by Crippen LogP contribution is 2.25. The zero-order chi connectivity index (χ0) is 22.3. The molecule has 0 bridgehead atoms. The van der Waals surface area contributed by atoms with Crippen molar-refractivity contribution in [2.75, 3.05) is 16.6 Å². The zero-order valence-corrected chi connectivity index (χ0v) is 19.4. The van der Waals surface area contributed by atoms with Gasteiger partial charge in [0.15, 0.2) is 0 Å². The predicted molar refractivity (Wildman–Crippen MR) is 126 cm³/mol. The molecule has 0 aliphatic heterocycles. The minimum absolute atomic E-state index is 0.0976. The lowest BCUT2D eigenvalue weighted by molar-refractivity contribution is 0.102. The molecule has 0 saturated carbocycles. The molecule has 0 atom stereocenters. The maximum absolute atomic E-state index is 12.8. The number of benzene rings is 3. The van der Waals surface area contributed by atoms with Crippen LogP contribution in [0, 0.1) is 0 Å². The number of nitrogens with one attached hydrogen (secondary N) is 2. The fourth-order valence-electron chi connectivity index (χ4n) is 2.77. The predicted octanol–water partition coefficient (Wildman–Crippen LogP) is 5.68. The second-order valence-corrected chi connectivity index (χ2v) is 9.39. The van der Waals surface area contributed by atoms with Crippen molar-refractivity contribution < 1.29 is 17.9 Å². The first-order chi connectivity index (χ1) is 14.9. The Morgan fingerprint density at radius 2 is 1.68 bits per heavy atom. The Balaban J connectivity index is 1.72. The van der Waals surface area contributed by atoms with Crippen molar-refractivity contribution in [1.29, 1.82) is 0 Å². The molecule has 3 aromatic carbocycles. The van der Waals surface area contributed by atoms with E-state index in [1.54, 1.807) is 54.6 Å². The first kappa shape index (κ1) is 22.8. The third-order valence-electron chi connectivity index (χ3n) is 4.39. The van der Waals surface area contributed by atoms with Crippen molar-refractivity contribution in [3.05, 3.63) is 82.8 Å². The van der Waals surface area contributed by atoms with E-state index < -0.39 is 10.0 Å². The second-order valence-electron chi connectivity index (χ2n) is 6.79. The molecule has 3 rings (SSSR count). The van der Waals surface area contributed by atoms with Gasteiger partial charge in [0.2, 0.25) is 0 Å². The molecule has 0 aliphatic carbocycles. The third kappa shape index (κ3) is 6.32. The zero-order valence-electron chi connectivity index (χ0n) is 17.0. The van der Waals surface area contributed by atoms with E-state index in [1.807, 2.05) is 6.07 Å². The smallest absolute Gasteiger partial charge is 0.261 e. The largest absolute Gasteiger partial charge is 0.493 e. The molecule has 0 fully saturated rings. The summed E-state index contributed by atoms with van der Waals surface area (Å²) in [5.74, 6) is 0.159. The van der Waals surface area contributed by atoms with Gasteiger partial charge < -0.3 is 10.1 Å². The number of sulfonamides is 1. The number of rotatable bonds is 9. The van der Waals surface area contributed by atoms with Gasteiger partial charge in [-0.1, -0.05) is 47.5 Å². The summed E-state index contributed by atoms with van der Waals surface area (Å²) in [6, 6.07) is 19.9. The van der Waals surface area contributed by atoms with Crippen molar-refractivity contribution >= 4 is 43.2 Å². The van der Waals surface area contributed by atoms with Crippen molar-refractivity contribution in [2.45, 2.75) is 24.7 Å². The summed E-state index contributed by atoms with van der Waals surface area (Å²) >= 11 is 3.38. The van der Waals surface area contributed by atoms with Crippen LogP contribution in [0.4, 0.5) is 11.4 Å². The lowest BCUT2D eigenvalue weighted by Crippen LogP contribution is -2.15. The second kappa shape index (κ2) is 10.5. The van der Waals surface area contributed by atoms with Gasteiger partial charge in [-0.25, -0.2) is 8.42 Å². The highest BCUT2D eigenvalue weighted by molar-refractivity contribution is 9.10. The first-order valence-electron chi connectivity index (χ1n) is 9.80. The number of amides is 1. The van der Waals surface area contributed by atoms with E-state index in [9.17, 15) is 13.2 Å². The summed E-state index contributed by atoms with van der Waals surface area (Å²) in [5, 5.41) is 2.79. The summed E-state index contributed by atoms with van der Waals surface area (Å²) in [5.41, 5.74) is 1.35. The van der Waals surface area contributed by atoms with Crippen LogP contribution in [-0.2, 0) is 10.0 Å². The summed E-state index contributed by atoms with van der Waals surface area (Å²) in [4.78, 5) is 12.9. The average Bonchev–Trinajstić information content (AvgIpc) is 2.75. The molecule has 162 valence electrons. The van der Waals surface area contributed by atoms with E-state index in [1.165, 1.54) is 12.1 Å². The Morgan fingerprint density at radius 1 is 0.968 bits per heavy atom. The van der Waals surface area contributed by atoms with E-state index >= 15 is 0 Å². The Hall–Kier alpha value is -2.84. The van der Waals surface area contributed by atoms with E-state index in [0.717, 1.165) is 17.3 Å². The molecule has 0 unspecified atom stereocenters. The van der Waals surface area contributed by atoms with Gasteiger partial charge in [0.25, 0.3) is 15.9 Å². The van der Waals surface area contributed by atoms with E-state index in [4.69, 9.17) is 4.74 Å². The molecular weight excluding hydrogens is 480 g/mol. The summed E-state index contributed by atoms with van der Waals surface area (Å²) < 4.78 is 34.1. The van der Waals surface area contributed by atoms with Crippen molar-refractivity contribution in [3.8, 4) is 5.75 Å². The molecule has 31 heavy (non-hydrogen) atoms. The molecule has 0 saturated heterocycles. The van der Waals surface area contributed by atoms with Gasteiger partial charge in [0.05, 0.1) is 17.1 Å². The number of ether oxygens (including phenoxy) is 1. The van der Waals surface area contributed by atoms with Gasteiger partial charge in [-0.2, -0.15) is 0 Å². The van der Waals surface area contributed by atoms with Crippen molar-refractivity contribution in [3.63, 3.8) is 0 Å². The number of para-hydroxylation sites is 1. The van der Waals surface area contributed by atoms with Crippen LogP contribution in [0.15, 0.2) is 82.2 Å². The summed E-state index contributed by atoms with van der Waals surface area (Å²) in [6.45, 7) is 2.59. The van der Waals surface area contributed by atoms with Gasteiger partial charge in [0.1, 0.15) is 5.75 Å². The van der Waals surface area contributed by atoms with Crippen LogP contribution in [0.25, 0.3) is 0 Å². The Bertz CT molecular complexity index is 1130. The maximum Gasteiger partial charge on any atom is 0.261 e. The van der Waals surface area contributed by atoms with Crippen LogP contribution in [0.5, 0.6) is 5.75 Å². The molecule has 6 nitrogen and oxygen atoms in total. The number of hydrogen-bond donors (Lipinski definition) is 2. The number of unbranched alkanes of at least 4 members (excludes halogenated alkanes) is 1. The van der Waals surface area contributed by atoms with Crippen LogP contribution in [0.3, 0.4) is 0 Å². The quantitative estimate of drug-likeness (QED) is 0.368. The van der Waals surface area contributed by atoms with Crippen LogP contribution >= 0.6 is 15.9 Å². The number of carbonyl (C=O) groups excluding carboxylic acids is 1. The van der Waals surface area contributed by atoms with E-state index in [2.05, 4.69) is 32.9 Å². The summed E-state index contributed by atoms with van der Waals surface area (Å²) in [7, 11) is -3.72. The molecule has 2 N–H and O–H groups in total. The lowest BCUT2D eigenvalue weighted by atomic mass is 10.2. The van der Waals surface area contributed by atoms with Crippen LogP contribution in [0.2, 0.25) is 0 Å². The monoisotopic (exact) mass is 502 g/mol. The lowest BCUT2D eigenvalue weighted by Gasteiger charge is -2.13. The fraction of sp³-hybridized carbons (Fsp3) is 0.174. The van der Waals surface area contributed by atoms with Gasteiger partial charge in [-0.05, 0) is 61.0 Å². The first-order valence-corrected chi connectivity index (χ1v) is 12.1. The Labute approximate surface area is 190 Å². The van der Waals surface area contributed by atoms with Gasteiger partial charge in [0, 0.05) is 15.8 Å². The molecule has 0 aromatic heterocycles. The van der Waals surface area contributed by atoms with Gasteiger partial charge in [-0.15, -0.1) is 0 Å². The molecule has 0 spiro atoms. The molecule has 0 heterocycles. The molecular formula is C23H23BrN2O4S. The maximum atomic E-state index is 12.8. The molecule has 1 amide bonds. The van der Waals surface area contributed by atoms with Crippen LogP contribution < -0.4 is 14.8 Å². The number of hydrogen-bond acceptors (Lipinski definition) is 4.